The maximum atomic E-state index is 11.8. The van der Waals surface area contributed by atoms with Crippen molar-refractivity contribution >= 4 is 21.9 Å². The molecule has 0 atom stereocenters. The van der Waals surface area contributed by atoms with Gasteiger partial charge in [-0.15, -0.1) is 0 Å². The molecule has 3 rings (SSSR count). The van der Waals surface area contributed by atoms with Gasteiger partial charge < -0.3 is 8.83 Å². The molecule has 2 aromatic heterocycles. The van der Waals surface area contributed by atoms with Crippen LogP contribution in [0.2, 0.25) is 0 Å². The van der Waals surface area contributed by atoms with Crippen molar-refractivity contribution in [2.45, 2.75) is 40.0 Å². The van der Waals surface area contributed by atoms with Gasteiger partial charge >= 0.3 is 5.63 Å². The summed E-state index contributed by atoms with van der Waals surface area (Å²) in [5.41, 5.74) is 4.27. The molecule has 0 aliphatic heterocycles. The molecular weight excluding hydrogens is 252 g/mol. The standard InChI is InChI=1S/C17H18O3/c1-4-5-6-12-7-15(18)20-17-11(3)16-13(8-14(12)17)10(2)9-19-16/h7-9H,4-6H2,1-3H3. The molecule has 20 heavy (non-hydrogen) atoms. The fraction of sp³-hybridized carbons (Fsp3) is 0.353. The Kier molecular flexibility index (Phi) is 3.13. The first-order valence-corrected chi connectivity index (χ1v) is 7.06. The second-order valence-electron chi connectivity index (χ2n) is 5.37. The molecule has 3 nitrogen and oxygen atoms in total. The van der Waals surface area contributed by atoms with Crippen LogP contribution in [0.4, 0.5) is 0 Å². The van der Waals surface area contributed by atoms with Crippen LogP contribution in [-0.4, -0.2) is 0 Å². The highest BCUT2D eigenvalue weighted by molar-refractivity contribution is 5.99. The third kappa shape index (κ3) is 1.94. The number of furan rings is 1. The molecule has 0 aliphatic rings. The molecule has 0 fully saturated rings. The molecular formula is C17H18O3. The Labute approximate surface area is 117 Å². The molecule has 104 valence electrons. The molecule has 0 radical (unpaired) electrons. The van der Waals surface area contributed by atoms with Gasteiger partial charge in [0.2, 0.25) is 0 Å². The molecule has 0 saturated carbocycles. The lowest BCUT2D eigenvalue weighted by Gasteiger charge is -2.07. The van der Waals surface area contributed by atoms with Gasteiger partial charge in [-0.05, 0) is 43.9 Å². The Morgan fingerprint density at radius 1 is 1.10 bits per heavy atom. The quantitative estimate of drug-likeness (QED) is 0.658. The second kappa shape index (κ2) is 4.82. The molecule has 0 bridgehead atoms. The normalized spacial score (nSPS) is 11.6. The first-order chi connectivity index (χ1) is 9.61. The molecule has 3 heteroatoms. The predicted molar refractivity (Wildman–Crippen MR) is 80.3 cm³/mol. The van der Waals surface area contributed by atoms with Crippen molar-refractivity contribution in [3.8, 4) is 0 Å². The van der Waals surface area contributed by atoms with Crippen LogP contribution in [0.5, 0.6) is 0 Å². The van der Waals surface area contributed by atoms with Crippen LogP contribution in [-0.2, 0) is 6.42 Å². The van der Waals surface area contributed by atoms with Crippen LogP contribution in [0.15, 0.2) is 32.0 Å². The van der Waals surface area contributed by atoms with E-state index in [0.717, 1.165) is 52.3 Å². The van der Waals surface area contributed by atoms with E-state index in [2.05, 4.69) is 13.0 Å². The number of aryl methyl sites for hydroxylation is 3. The summed E-state index contributed by atoms with van der Waals surface area (Å²) < 4.78 is 11.0. The Balaban J connectivity index is 2.39. The fourth-order valence-corrected chi connectivity index (χ4v) is 2.73. The van der Waals surface area contributed by atoms with Gasteiger partial charge in [-0.25, -0.2) is 4.79 Å². The summed E-state index contributed by atoms with van der Waals surface area (Å²) in [6.45, 7) is 6.12. The SMILES string of the molecule is CCCCc1cc(=O)oc2c(C)c3occ(C)c3cc12. The van der Waals surface area contributed by atoms with Crippen molar-refractivity contribution in [1.82, 2.24) is 0 Å². The molecule has 0 N–H and O–H groups in total. The zero-order chi connectivity index (χ0) is 14.3. The van der Waals surface area contributed by atoms with Crippen molar-refractivity contribution in [2.24, 2.45) is 0 Å². The monoisotopic (exact) mass is 270 g/mol. The van der Waals surface area contributed by atoms with E-state index in [1.165, 1.54) is 0 Å². The average molecular weight is 270 g/mol. The van der Waals surface area contributed by atoms with Gasteiger partial charge in [0.1, 0.15) is 11.2 Å². The maximum absolute atomic E-state index is 11.8. The minimum absolute atomic E-state index is 0.283. The van der Waals surface area contributed by atoms with Gasteiger partial charge in [0.15, 0.2) is 0 Å². The molecule has 3 aromatic rings. The molecule has 1 aromatic carbocycles. The second-order valence-corrected chi connectivity index (χ2v) is 5.37. The van der Waals surface area contributed by atoms with Crippen LogP contribution < -0.4 is 5.63 Å². The third-order valence-electron chi connectivity index (χ3n) is 3.88. The molecule has 0 amide bonds. The smallest absolute Gasteiger partial charge is 0.336 e. The molecule has 0 spiro atoms. The highest BCUT2D eigenvalue weighted by Gasteiger charge is 2.14. The summed E-state index contributed by atoms with van der Waals surface area (Å²) in [5, 5.41) is 2.13. The first kappa shape index (κ1) is 13.0. The summed E-state index contributed by atoms with van der Waals surface area (Å²) in [6.07, 6.45) is 4.83. The van der Waals surface area contributed by atoms with Crippen LogP contribution in [0, 0.1) is 13.8 Å². The van der Waals surface area contributed by atoms with E-state index in [4.69, 9.17) is 8.83 Å². The van der Waals surface area contributed by atoms with Crippen molar-refractivity contribution in [1.29, 1.82) is 0 Å². The number of unbranched alkanes of at least 4 members (excludes halogenated alkanes) is 1. The number of hydrogen-bond acceptors (Lipinski definition) is 3. The van der Waals surface area contributed by atoms with E-state index < -0.39 is 0 Å². The van der Waals surface area contributed by atoms with Crippen LogP contribution in [0.3, 0.4) is 0 Å². The highest BCUT2D eigenvalue weighted by Crippen LogP contribution is 2.32. The zero-order valence-corrected chi connectivity index (χ0v) is 12.1. The molecule has 2 heterocycles. The summed E-state index contributed by atoms with van der Waals surface area (Å²) in [6, 6.07) is 3.71. The lowest BCUT2D eigenvalue weighted by atomic mass is 10.00. The van der Waals surface area contributed by atoms with Gasteiger partial charge in [-0.2, -0.15) is 0 Å². The number of fused-ring (bicyclic) bond motifs is 2. The van der Waals surface area contributed by atoms with Crippen LogP contribution >= 0.6 is 0 Å². The van der Waals surface area contributed by atoms with Gasteiger partial charge in [0, 0.05) is 22.4 Å². The first-order valence-electron chi connectivity index (χ1n) is 7.06. The summed E-state index contributed by atoms with van der Waals surface area (Å²) in [7, 11) is 0. The molecule has 0 saturated heterocycles. The van der Waals surface area contributed by atoms with E-state index >= 15 is 0 Å². The Bertz CT molecular complexity index is 837. The number of hydrogen-bond donors (Lipinski definition) is 0. The van der Waals surface area contributed by atoms with E-state index in [1.807, 2.05) is 13.8 Å². The van der Waals surface area contributed by atoms with Crippen molar-refractivity contribution < 1.29 is 8.83 Å². The Morgan fingerprint density at radius 2 is 1.90 bits per heavy atom. The summed E-state index contributed by atoms with van der Waals surface area (Å²) in [4.78, 5) is 11.8. The number of rotatable bonds is 3. The minimum Gasteiger partial charge on any atom is -0.464 e. The van der Waals surface area contributed by atoms with Crippen molar-refractivity contribution in [3.63, 3.8) is 0 Å². The van der Waals surface area contributed by atoms with E-state index in [9.17, 15) is 4.79 Å². The number of benzene rings is 1. The third-order valence-corrected chi connectivity index (χ3v) is 3.88. The lowest BCUT2D eigenvalue weighted by Crippen LogP contribution is -2.02. The van der Waals surface area contributed by atoms with E-state index in [0.29, 0.717) is 5.58 Å². The van der Waals surface area contributed by atoms with E-state index in [1.54, 1.807) is 12.3 Å². The van der Waals surface area contributed by atoms with Crippen LogP contribution in [0.25, 0.3) is 21.9 Å². The van der Waals surface area contributed by atoms with Crippen molar-refractivity contribution in [2.75, 3.05) is 0 Å². The van der Waals surface area contributed by atoms with Crippen molar-refractivity contribution in [3.05, 3.63) is 45.5 Å². The fourth-order valence-electron chi connectivity index (χ4n) is 2.73. The maximum Gasteiger partial charge on any atom is 0.336 e. The molecule has 0 unspecified atom stereocenters. The average Bonchev–Trinajstić information content (AvgIpc) is 2.79. The Morgan fingerprint density at radius 3 is 2.65 bits per heavy atom. The zero-order valence-electron chi connectivity index (χ0n) is 12.1. The Hall–Kier alpha value is -2.03. The van der Waals surface area contributed by atoms with Crippen LogP contribution in [0.1, 0.15) is 36.5 Å². The topological polar surface area (TPSA) is 43.4 Å². The minimum atomic E-state index is -0.283. The van der Waals surface area contributed by atoms with E-state index in [-0.39, 0.29) is 5.63 Å². The predicted octanol–water partition coefficient (Wildman–Crippen LogP) is 4.50. The van der Waals surface area contributed by atoms with Gasteiger partial charge in [0.25, 0.3) is 0 Å². The molecule has 0 aliphatic carbocycles. The summed E-state index contributed by atoms with van der Waals surface area (Å²) >= 11 is 0. The van der Waals surface area contributed by atoms with Gasteiger partial charge in [-0.1, -0.05) is 13.3 Å². The lowest BCUT2D eigenvalue weighted by molar-refractivity contribution is 0.553. The largest absolute Gasteiger partial charge is 0.464 e. The summed E-state index contributed by atoms with van der Waals surface area (Å²) in [5.74, 6) is 0. The highest BCUT2D eigenvalue weighted by atomic mass is 16.4. The van der Waals surface area contributed by atoms with Gasteiger partial charge in [-0.3, -0.25) is 0 Å². The van der Waals surface area contributed by atoms with Gasteiger partial charge in [0.05, 0.1) is 6.26 Å².